The van der Waals surface area contributed by atoms with Crippen molar-refractivity contribution in [3.8, 4) is 0 Å². The summed E-state index contributed by atoms with van der Waals surface area (Å²) in [4.78, 5) is 2.20. The molecule has 1 saturated heterocycles. The Balaban J connectivity index is 2.05. The maximum atomic E-state index is 12.2. The highest BCUT2D eigenvalue weighted by atomic mass is 79.9. The zero-order valence-electron chi connectivity index (χ0n) is 11.3. The predicted molar refractivity (Wildman–Crippen MR) is 77.8 cm³/mol. The lowest BCUT2D eigenvalue weighted by molar-refractivity contribution is 0.187. The average molecular weight is 367 g/mol. The quantitative estimate of drug-likeness (QED) is 0.820. The SMILES string of the molecule is CN1CCCCC1CNS(=O)(=O)c1cc(CO)oc1Br. The lowest BCUT2D eigenvalue weighted by atomic mass is 10.0. The number of furan rings is 1. The molecule has 2 rings (SSSR count). The Kier molecular flexibility index (Phi) is 5.25. The fourth-order valence-corrected chi connectivity index (χ4v) is 4.41. The van der Waals surface area contributed by atoms with E-state index in [1.807, 2.05) is 7.05 Å². The van der Waals surface area contributed by atoms with Crippen molar-refractivity contribution in [3.63, 3.8) is 0 Å². The van der Waals surface area contributed by atoms with Crippen molar-refractivity contribution in [3.05, 3.63) is 16.5 Å². The molecule has 1 aromatic heterocycles. The van der Waals surface area contributed by atoms with Gasteiger partial charge in [0, 0.05) is 18.7 Å². The van der Waals surface area contributed by atoms with E-state index in [9.17, 15) is 8.42 Å². The maximum Gasteiger partial charge on any atom is 0.245 e. The summed E-state index contributed by atoms with van der Waals surface area (Å²) in [5, 5.41) is 8.97. The largest absolute Gasteiger partial charge is 0.450 e. The molecule has 1 aliphatic rings. The Morgan fingerprint density at radius 1 is 1.55 bits per heavy atom. The first-order valence-corrected chi connectivity index (χ1v) is 8.80. The molecule has 0 radical (unpaired) electrons. The van der Waals surface area contributed by atoms with Crippen molar-refractivity contribution in [2.45, 2.75) is 36.8 Å². The number of rotatable bonds is 5. The minimum absolute atomic E-state index is 0.0278. The molecule has 6 nitrogen and oxygen atoms in total. The minimum atomic E-state index is -3.63. The fourth-order valence-electron chi connectivity index (χ4n) is 2.34. The van der Waals surface area contributed by atoms with Crippen LogP contribution in [0.4, 0.5) is 0 Å². The van der Waals surface area contributed by atoms with Crippen LogP contribution in [0.2, 0.25) is 0 Å². The lowest BCUT2D eigenvalue weighted by Gasteiger charge is -2.32. The first kappa shape index (κ1) is 16.0. The number of nitrogens with one attached hydrogen (secondary N) is 1. The van der Waals surface area contributed by atoms with E-state index in [4.69, 9.17) is 9.52 Å². The Hall–Kier alpha value is -0.410. The molecule has 0 aromatic carbocycles. The summed E-state index contributed by atoms with van der Waals surface area (Å²) in [6.07, 6.45) is 3.28. The van der Waals surface area contributed by atoms with Crippen LogP contribution in [0.5, 0.6) is 0 Å². The molecule has 1 fully saturated rings. The minimum Gasteiger partial charge on any atom is -0.450 e. The van der Waals surface area contributed by atoms with Gasteiger partial charge in [0.15, 0.2) is 4.67 Å². The normalized spacial score (nSPS) is 21.2. The number of hydrogen-bond donors (Lipinski definition) is 2. The molecule has 8 heteroatoms. The summed E-state index contributed by atoms with van der Waals surface area (Å²) in [5.41, 5.74) is 0. The van der Waals surface area contributed by atoms with Crippen LogP contribution >= 0.6 is 15.9 Å². The number of hydrogen-bond acceptors (Lipinski definition) is 5. The zero-order valence-corrected chi connectivity index (χ0v) is 13.7. The molecule has 1 aromatic rings. The molecule has 1 unspecified atom stereocenters. The van der Waals surface area contributed by atoms with Gasteiger partial charge in [0.05, 0.1) is 0 Å². The molecule has 1 aliphatic heterocycles. The molecule has 2 N–H and O–H groups in total. The van der Waals surface area contributed by atoms with Crippen LogP contribution < -0.4 is 4.72 Å². The Labute approximate surface area is 127 Å². The first-order valence-electron chi connectivity index (χ1n) is 6.53. The lowest BCUT2D eigenvalue weighted by Crippen LogP contribution is -2.44. The van der Waals surface area contributed by atoms with Gasteiger partial charge in [-0.2, -0.15) is 0 Å². The van der Waals surface area contributed by atoms with Gasteiger partial charge >= 0.3 is 0 Å². The molecule has 0 bridgehead atoms. The van der Waals surface area contributed by atoms with Crippen LogP contribution in [0.25, 0.3) is 0 Å². The van der Waals surface area contributed by atoms with Crippen molar-refractivity contribution >= 4 is 26.0 Å². The van der Waals surface area contributed by atoms with E-state index in [0.717, 1.165) is 25.8 Å². The van der Waals surface area contributed by atoms with Crippen molar-refractivity contribution in [2.75, 3.05) is 20.1 Å². The van der Waals surface area contributed by atoms with Gasteiger partial charge in [0.25, 0.3) is 0 Å². The number of nitrogens with zero attached hydrogens (tertiary/aromatic N) is 1. The molecule has 2 heterocycles. The van der Waals surface area contributed by atoms with Crippen molar-refractivity contribution in [2.24, 2.45) is 0 Å². The smallest absolute Gasteiger partial charge is 0.245 e. The van der Waals surface area contributed by atoms with Crippen LogP contribution in [0.3, 0.4) is 0 Å². The Bertz CT molecular complexity index is 558. The Morgan fingerprint density at radius 3 is 2.90 bits per heavy atom. The number of aliphatic hydroxyl groups is 1. The van der Waals surface area contributed by atoms with Gasteiger partial charge in [0.2, 0.25) is 10.0 Å². The number of halogens is 1. The summed E-state index contributed by atoms with van der Waals surface area (Å²) < 4.78 is 32.3. The van der Waals surface area contributed by atoms with E-state index in [1.165, 1.54) is 6.07 Å². The van der Waals surface area contributed by atoms with E-state index in [0.29, 0.717) is 6.54 Å². The second-order valence-electron chi connectivity index (χ2n) is 4.99. The van der Waals surface area contributed by atoms with E-state index in [2.05, 4.69) is 25.6 Å². The second-order valence-corrected chi connectivity index (χ2v) is 7.45. The third-order valence-electron chi connectivity index (χ3n) is 3.58. The average Bonchev–Trinajstić information content (AvgIpc) is 2.80. The van der Waals surface area contributed by atoms with E-state index >= 15 is 0 Å². The van der Waals surface area contributed by atoms with Gasteiger partial charge < -0.3 is 14.4 Å². The van der Waals surface area contributed by atoms with Gasteiger partial charge in [-0.25, -0.2) is 13.1 Å². The molecule has 0 aliphatic carbocycles. The van der Waals surface area contributed by atoms with E-state index in [-0.39, 0.29) is 28.0 Å². The monoisotopic (exact) mass is 366 g/mol. The summed E-state index contributed by atoms with van der Waals surface area (Å²) >= 11 is 3.06. The van der Waals surface area contributed by atoms with Crippen molar-refractivity contribution < 1.29 is 17.9 Å². The Morgan fingerprint density at radius 2 is 2.30 bits per heavy atom. The topological polar surface area (TPSA) is 82.8 Å². The maximum absolute atomic E-state index is 12.2. The van der Waals surface area contributed by atoms with Gasteiger partial charge in [-0.05, 0) is 42.4 Å². The van der Waals surface area contributed by atoms with Crippen molar-refractivity contribution in [1.29, 1.82) is 0 Å². The summed E-state index contributed by atoms with van der Waals surface area (Å²) in [7, 11) is -1.62. The number of likely N-dealkylation sites (tertiary alicyclic amines) is 1. The summed E-state index contributed by atoms with van der Waals surface area (Å²) in [6.45, 7) is 1.04. The molecular formula is C12H19BrN2O4S. The first-order chi connectivity index (χ1) is 9.44. The number of piperidine rings is 1. The molecule has 0 spiro atoms. The molecule has 1 atom stereocenters. The number of sulfonamides is 1. The predicted octanol–water partition coefficient (Wildman–Crippen LogP) is 1.30. The molecular weight excluding hydrogens is 348 g/mol. The van der Waals surface area contributed by atoms with E-state index < -0.39 is 10.0 Å². The number of aliphatic hydroxyl groups excluding tert-OH is 1. The summed E-state index contributed by atoms with van der Waals surface area (Å²) in [6, 6.07) is 1.55. The van der Waals surface area contributed by atoms with E-state index in [1.54, 1.807) is 0 Å². The fraction of sp³-hybridized carbons (Fsp3) is 0.667. The van der Waals surface area contributed by atoms with Crippen LogP contribution in [0, 0.1) is 0 Å². The zero-order chi connectivity index (χ0) is 14.8. The van der Waals surface area contributed by atoms with Crippen LogP contribution in [0.1, 0.15) is 25.0 Å². The van der Waals surface area contributed by atoms with Crippen LogP contribution in [-0.2, 0) is 16.6 Å². The van der Waals surface area contributed by atoms with Crippen LogP contribution in [-0.4, -0.2) is 44.6 Å². The second kappa shape index (κ2) is 6.57. The van der Waals surface area contributed by atoms with Gasteiger partial charge in [-0.3, -0.25) is 0 Å². The third-order valence-corrected chi connectivity index (χ3v) is 5.86. The van der Waals surface area contributed by atoms with Gasteiger partial charge in [-0.1, -0.05) is 6.42 Å². The highest BCUT2D eigenvalue weighted by Crippen LogP contribution is 2.26. The number of likely N-dealkylation sites (N-methyl/N-ethyl adjacent to an activating group) is 1. The van der Waals surface area contributed by atoms with Crippen LogP contribution in [0.15, 0.2) is 20.0 Å². The molecule has 114 valence electrons. The van der Waals surface area contributed by atoms with Gasteiger partial charge in [0.1, 0.15) is 17.3 Å². The standard InChI is InChI=1S/C12H19BrN2O4S/c1-15-5-3-2-4-9(15)7-14-20(17,18)11-6-10(8-16)19-12(11)13/h6,9,14,16H,2-5,7-8H2,1H3. The highest BCUT2D eigenvalue weighted by Gasteiger charge is 2.25. The third kappa shape index (κ3) is 3.62. The van der Waals surface area contributed by atoms with Gasteiger partial charge in [-0.15, -0.1) is 0 Å². The highest BCUT2D eigenvalue weighted by molar-refractivity contribution is 9.10. The molecule has 20 heavy (non-hydrogen) atoms. The molecule has 0 amide bonds. The van der Waals surface area contributed by atoms with Crippen molar-refractivity contribution in [1.82, 2.24) is 9.62 Å². The summed E-state index contributed by atoms with van der Waals surface area (Å²) in [5.74, 6) is 0.215. The molecule has 0 saturated carbocycles.